The highest BCUT2D eigenvalue weighted by atomic mass is 127. The van der Waals surface area contributed by atoms with Crippen LogP contribution in [0, 0.1) is 19.7 Å². The van der Waals surface area contributed by atoms with Crippen LogP contribution >= 0.6 is 24.0 Å². The molecule has 0 aromatic heterocycles. The van der Waals surface area contributed by atoms with Gasteiger partial charge in [-0.1, -0.05) is 29.8 Å². The molecule has 2 aromatic rings. The Labute approximate surface area is 190 Å². The smallest absolute Gasteiger partial charge is 0.191 e. The number of nitrogens with one attached hydrogen (secondary N) is 2. The Kier molecular flexibility index (Phi) is 10.0. The molecule has 0 radical (unpaired) electrons. The predicted molar refractivity (Wildman–Crippen MR) is 128 cm³/mol. The van der Waals surface area contributed by atoms with Crippen molar-refractivity contribution in [2.24, 2.45) is 4.99 Å². The van der Waals surface area contributed by atoms with E-state index in [9.17, 15) is 12.8 Å². The molecule has 2 aromatic carbocycles. The second-order valence-electron chi connectivity index (χ2n) is 7.02. The first kappa shape index (κ1) is 25.4. The summed E-state index contributed by atoms with van der Waals surface area (Å²) < 4.78 is 36.8. The molecule has 29 heavy (non-hydrogen) atoms. The van der Waals surface area contributed by atoms with Crippen molar-refractivity contribution >= 4 is 39.8 Å². The SMILES string of the molecule is CN=C(NCCc1ccc(C)cc1C)NCc1cc(F)ccc1CS(C)(=O)=O.I. The van der Waals surface area contributed by atoms with Gasteiger partial charge in [0.1, 0.15) is 5.82 Å². The van der Waals surface area contributed by atoms with Crippen LogP contribution in [0.4, 0.5) is 4.39 Å². The van der Waals surface area contributed by atoms with Gasteiger partial charge in [0.2, 0.25) is 0 Å². The molecule has 0 aliphatic rings. The minimum atomic E-state index is -3.20. The van der Waals surface area contributed by atoms with Crippen molar-refractivity contribution in [3.05, 3.63) is 70.0 Å². The van der Waals surface area contributed by atoms with Crippen LogP contribution in [0.5, 0.6) is 0 Å². The van der Waals surface area contributed by atoms with Gasteiger partial charge in [-0.05, 0) is 54.7 Å². The molecular formula is C21H29FIN3O2S. The molecule has 0 spiro atoms. The summed E-state index contributed by atoms with van der Waals surface area (Å²) in [7, 11) is -1.54. The molecule has 0 atom stereocenters. The molecular weight excluding hydrogens is 504 g/mol. The third kappa shape index (κ3) is 8.69. The lowest BCUT2D eigenvalue weighted by Gasteiger charge is -2.15. The maximum atomic E-state index is 13.6. The Morgan fingerprint density at radius 2 is 1.72 bits per heavy atom. The number of rotatable bonds is 7. The fourth-order valence-corrected chi connectivity index (χ4v) is 3.87. The van der Waals surface area contributed by atoms with E-state index in [1.54, 1.807) is 7.05 Å². The van der Waals surface area contributed by atoms with Crippen molar-refractivity contribution in [1.29, 1.82) is 0 Å². The third-order valence-corrected chi connectivity index (χ3v) is 5.28. The molecule has 0 amide bonds. The van der Waals surface area contributed by atoms with Crippen LogP contribution in [-0.4, -0.2) is 34.2 Å². The van der Waals surface area contributed by atoms with E-state index in [1.807, 2.05) is 0 Å². The van der Waals surface area contributed by atoms with Crippen LogP contribution in [0.2, 0.25) is 0 Å². The topological polar surface area (TPSA) is 70.6 Å². The molecule has 0 saturated carbocycles. The molecule has 0 bridgehead atoms. The molecule has 160 valence electrons. The first-order valence-corrected chi connectivity index (χ1v) is 11.2. The summed E-state index contributed by atoms with van der Waals surface area (Å²) in [5.74, 6) is 0.0643. The zero-order chi connectivity index (χ0) is 20.7. The summed E-state index contributed by atoms with van der Waals surface area (Å²) in [6.07, 6.45) is 2.02. The molecule has 0 heterocycles. The average Bonchev–Trinajstić information content (AvgIpc) is 2.60. The van der Waals surface area contributed by atoms with Crippen molar-refractivity contribution in [2.75, 3.05) is 19.8 Å². The summed E-state index contributed by atoms with van der Waals surface area (Å²) >= 11 is 0. The molecule has 0 fully saturated rings. The van der Waals surface area contributed by atoms with Gasteiger partial charge in [-0.2, -0.15) is 0 Å². The van der Waals surface area contributed by atoms with Gasteiger partial charge in [0, 0.05) is 26.4 Å². The molecule has 0 saturated heterocycles. The summed E-state index contributed by atoms with van der Waals surface area (Å²) in [5.41, 5.74) is 4.96. The number of hydrogen-bond acceptors (Lipinski definition) is 3. The summed E-state index contributed by atoms with van der Waals surface area (Å²) in [6.45, 7) is 5.16. The van der Waals surface area contributed by atoms with E-state index in [-0.39, 0.29) is 36.3 Å². The third-order valence-electron chi connectivity index (χ3n) is 4.44. The molecule has 8 heteroatoms. The Bertz CT molecular complexity index is 962. The van der Waals surface area contributed by atoms with Crippen molar-refractivity contribution in [1.82, 2.24) is 10.6 Å². The maximum Gasteiger partial charge on any atom is 0.191 e. The molecule has 0 aliphatic carbocycles. The Balaban J connectivity index is 0.00000420. The first-order chi connectivity index (χ1) is 13.2. The second kappa shape index (κ2) is 11.5. The molecule has 2 rings (SSSR count). The molecule has 0 aliphatic heterocycles. The van der Waals surface area contributed by atoms with Crippen LogP contribution in [0.3, 0.4) is 0 Å². The van der Waals surface area contributed by atoms with E-state index < -0.39 is 15.7 Å². The highest BCUT2D eigenvalue weighted by Crippen LogP contribution is 2.14. The predicted octanol–water partition coefficient (Wildman–Crippen LogP) is 3.51. The summed E-state index contributed by atoms with van der Waals surface area (Å²) in [5, 5.41) is 6.37. The zero-order valence-electron chi connectivity index (χ0n) is 17.3. The number of guanidine groups is 1. The largest absolute Gasteiger partial charge is 0.356 e. The van der Waals surface area contributed by atoms with Gasteiger partial charge in [-0.25, -0.2) is 12.8 Å². The minimum absolute atomic E-state index is 0. The number of nitrogens with zero attached hydrogens (tertiary/aromatic N) is 1. The van der Waals surface area contributed by atoms with Crippen molar-refractivity contribution in [3.8, 4) is 0 Å². The quantitative estimate of drug-likeness (QED) is 0.325. The van der Waals surface area contributed by atoms with Crippen LogP contribution < -0.4 is 10.6 Å². The minimum Gasteiger partial charge on any atom is -0.356 e. The van der Waals surface area contributed by atoms with Crippen LogP contribution in [0.1, 0.15) is 27.8 Å². The number of aliphatic imine (C=N–C) groups is 1. The fraction of sp³-hybridized carbons (Fsp3) is 0.381. The van der Waals surface area contributed by atoms with Gasteiger partial charge >= 0.3 is 0 Å². The number of aryl methyl sites for hydroxylation is 2. The Morgan fingerprint density at radius 1 is 1.03 bits per heavy atom. The zero-order valence-corrected chi connectivity index (χ0v) is 20.4. The van der Waals surface area contributed by atoms with Gasteiger partial charge in [0.25, 0.3) is 0 Å². The highest BCUT2D eigenvalue weighted by molar-refractivity contribution is 14.0. The van der Waals surface area contributed by atoms with Crippen LogP contribution in [-0.2, 0) is 28.6 Å². The number of hydrogen-bond donors (Lipinski definition) is 2. The van der Waals surface area contributed by atoms with Gasteiger partial charge in [-0.15, -0.1) is 24.0 Å². The van der Waals surface area contributed by atoms with Crippen LogP contribution in [0.15, 0.2) is 41.4 Å². The fourth-order valence-electron chi connectivity index (χ4n) is 3.02. The average molecular weight is 533 g/mol. The normalized spacial score (nSPS) is 11.7. The molecule has 5 nitrogen and oxygen atoms in total. The van der Waals surface area contributed by atoms with E-state index in [0.717, 1.165) is 6.42 Å². The van der Waals surface area contributed by atoms with E-state index in [2.05, 4.69) is 47.7 Å². The lowest BCUT2D eigenvalue weighted by Crippen LogP contribution is -2.38. The van der Waals surface area contributed by atoms with E-state index in [1.165, 1.54) is 41.1 Å². The second-order valence-corrected chi connectivity index (χ2v) is 9.16. The van der Waals surface area contributed by atoms with Gasteiger partial charge in [0.05, 0.1) is 5.75 Å². The first-order valence-electron chi connectivity index (χ1n) is 9.13. The summed E-state index contributed by atoms with van der Waals surface area (Å²) in [6, 6.07) is 10.5. The van der Waals surface area contributed by atoms with Crippen molar-refractivity contribution in [3.63, 3.8) is 0 Å². The van der Waals surface area contributed by atoms with E-state index >= 15 is 0 Å². The maximum absolute atomic E-state index is 13.6. The Morgan fingerprint density at radius 3 is 2.34 bits per heavy atom. The monoisotopic (exact) mass is 533 g/mol. The molecule has 0 unspecified atom stereocenters. The lowest BCUT2D eigenvalue weighted by molar-refractivity contribution is 0.599. The van der Waals surface area contributed by atoms with Gasteiger partial charge in [0.15, 0.2) is 15.8 Å². The van der Waals surface area contributed by atoms with Crippen molar-refractivity contribution in [2.45, 2.75) is 32.6 Å². The lowest BCUT2D eigenvalue weighted by atomic mass is 10.0. The van der Waals surface area contributed by atoms with Crippen molar-refractivity contribution < 1.29 is 12.8 Å². The highest BCUT2D eigenvalue weighted by Gasteiger charge is 2.11. The van der Waals surface area contributed by atoms with E-state index in [4.69, 9.17) is 0 Å². The number of sulfone groups is 1. The van der Waals surface area contributed by atoms with Gasteiger partial charge in [-0.3, -0.25) is 4.99 Å². The van der Waals surface area contributed by atoms with Crippen LogP contribution in [0.25, 0.3) is 0 Å². The standard InChI is InChI=1S/C21H28FN3O2S.HI/c1-15-5-6-17(16(2)11-15)9-10-24-21(23-3)25-13-19-12-20(22)8-7-18(19)14-28(4,26)27;/h5-8,11-12H,9-10,13-14H2,1-4H3,(H2,23,24,25);1H. The summed E-state index contributed by atoms with van der Waals surface area (Å²) in [4.78, 5) is 4.18. The number of benzene rings is 2. The number of halogens is 2. The van der Waals surface area contributed by atoms with E-state index in [0.29, 0.717) is 23.6 Å². The Hall–Kier alpha value is -1.68. The van der Waals surface area contributed by atoms with Gasteiger partial charge < -0.3 is 10.6 Å². The molecule has 2 N–H and O–H groups in total.